The average molecular weight is 497 g/mol. The van der Waals surface area contributed by atoms with Gasteiger partial charge in [-0.3, -0.25) is 19.3 Å². The number of anilines is 1. The quantitative estimate of drug-likeness (QED) is 0.452. The summed E-state index contributed by atoms with van der Waals surface area (Å²) in [5, 5.41) is 2.80. The van der Waals surface area contributed by atoms with Crippen molar-refractivity contribution < 1.29 is 37.1 Å². The lowest BCUT2D eigenvalue weighted by Crippen LogP contribution is -2.38. The summed E-state index contributed by atoms with van der Waals surface area (Å²) in [4.78, 5) is 43.1. The van der Waals surface area contributed by atoms with Crippen LogP contribution in [-0.4, -0.2) is 42.3 Å². The van der Waals surface area contributed by atoms with Crippen molar-refractivity contribution in [3.8, 4) is 11.5 Å². The molecule has 1 aliphatic carbocycles. The lowest BCUT2D eigenvalue weighted by Gasteiger charge is -2.28. The molecule has 2 aliphatic rings. The number of aromatic nitrogens is 1. The van der Waals surface area contributed by atoms with Crippen molar-refractivity contribution in [3.05, 3.63) is 71.4 Å². The molecule has 5 rings (SSSR count). The number of carbonyl (C=O) groups is 3. The largest absolute Gasteiger partial charge is 0.482 e. The number of ether oxygens (including phenoxy) is 2. The molecule has 0 saturated heterocycles. The number of halogens is 2. The van der Waals surface area contributed by atoms with Gasteiger partial charge in [-0.05, 0) is 49.1 Å². The molecule has 0 unspecified atom stereocenters. The van der Waals surface area contributed by atoms with Gasteiger partial charge in [0.25, 0.3) is 11.8 Å². The van der Waals surface area contributed by atoms with Gasteiger partial charge >= 0.3 is 0 Å². The predicted molar refractivity (Wildman–Crippen MR) is 121 cm³/mol. The van der Waals surface area contributed by atoms with Gasteiger partial charge in [-0.25, -0.2) is 13.8 Å². The minimum Gasteiger partial charge on any atom is -0.482 e. The summed E-state index contributed by atoms with van der Waals surface area (Å²) in [7, 11) is 0. The fourth-order valence-electron chi connectivity index (χ4n) is 3.64. The zero-order valence-electron chi connectivity index (χ0n) is 19.0. The molecule has 0 bridgehead atoms. The molecule has 1 N–H and O–H groups in total. The number of fused-ring (bicyclic) bond motifs is 1. The van der Waals surface area contributed by atoms with Crippen molar-refractivity contribution in [3.63, 3.8) is 0 Å². The number of amides is 2. The van der Waals surface area contributed by atoms with Gasteiger partial charge in [-0.1, -0.05) is 0 Å². The van der Waals surface area contributed by atoms with Crippen molar-refractivity contribution in [2.24, 2.45) is 5.92 Å². The molecule has 2 heterocycles. The molecule has 11 heteroatoms. The van der Waals surface area contributed by atoms with E-state index in [1.165, 1.54) is 29.4 Å². The molecule has 0 spiro atoms. The third-order valence-corrected chi connectivity index (χ3v) is 5.80. The van der Waals surface area contributed by atoms with Crippen LogP contribution in [0, 0.1) is 17.6 Å². The number of nitrogens with zero attached hydrogens (tertiary/aromatic N) is 2. The summed E-state index contributed by atoms with van der Waals surface area (Å²) in [5.74, 6) is -2.17. The number of hydrogen-bond donors (Lipinski definition) is 1. The Morgan fingerprint density at radius 2 is 2.00 bits per heavy atom. The average Bonchev–Trinajstić information content (AvgIpc) is 3.58. The molecule has 186 valence electrons. The minimum absolute atomic E-state index is 0.0833. The van der Waals surface area contributed by atoms with Gasteiger partial charge in [0.15, 0.2) is 36.3 Å². The van der Waals surface area contributed by atoms with E-state index in [2.05, 4.69) is 10.3 Å². The molecule has 2 aromatic carbocycles. The highest BCUT2D eigenvalue weighted by Gasteiger charge is 2.29. The molecule has 2 amide bonds. The molecule has 9 nitrogen and oxygen atoms in total. The summed E-state index contributed by atoms with van der Waals surface area (Å²) in [6, 6.07) is 7.25. The first kappa shape index (κ1) is 23.5. The van der Waals surface area contributed by atoms with E-state index in [9.17, 15) is 23.2 Å². The fraction of sp³-hybridized carbons (Fsp3) is 0.280. The number of rotatable bonds is 9. The SMILES string of the molecule is O=C(COc1ccc(F)cc1F)c1ccc2c(c1)N(Cc1nc(C(=O)NCC3CC3)co1)C(=O)CO2. The molecule has 1 saturated carbocycles. The molecular weight excluding hydrogens is 476 g/mol. The summed E-state index contributed by atoms with van der Waals surface area (Å²) >= 11 is 0. The Morgan fingerprint density at radius 1 is 1.17 bits per heavy atom. The molecule has 1 aromatic heterocycles. The Labute approximate surface area is 204 Å². The van der Waals surface area contributed by atoms with E-state index in [-0.39, 0.29) is 42.0 Å². The lowest BCUT2D eigenvalue weighted by atomic mass is 10.1. The van der Waals surface area contributed by atoms with Crippen molar-refractivity contribution in [2.45, 2.75) is 19.4 Å². The van der Waals surface area contributed by atoms with Crippen LogP contribution < -0.4 is 19.7 Å². The van der Waals surface area contributed by atoms with Crippen molar-refractivity contribution in [1.82, 2.24) is 10.3 Å². The lowest BCUT2D eigenvalue weighted by molar-refractivity contribution is -0.121. The molecule has 1 aliphatic heterocycles. The van der Waals surface area contributed by atoms with E-state index in [1.807, 2.05) is 0 Å². The molecule has 36 heavy (non-hydrogen) atoms. The topological polar surface area (TPSA) is 111 Å². The molecule has 3 aromatic rings. The van der Waals surface area contributed by atoms with Gasteiger partial charge in [-0.15, -0.1) is 0 Å². The second kappa shape index (κ2) is 9.76. The van der Waals surface area contributed by atoms with Gasteiger partial charge in [0.1, 0.15) is 24.4 Å². The number of ketones is 1. The van der Waals surface area contributed by atoms with Gasteiger partial charge in [0.2, 0.25) is 5.89 Å². The standard InChI is InChI=1S/C25H21F2N3O6/c26-16-4-6-21(17(27)8-16)34-12-20(31)15-3-5-22-19(7-15)30(24(32)13-35-22)10-23-29-18(11-36-23)25(33)28-9-14-1-2-14/h3-8,11,14H,1-2,9-10,12-13H2,(H,28,33). The van der Waals surface area contributed by atoms with Crippen molar-refractivity contribution in [2.75, 3.05) is 24.7 Å². The first-order valence-electron chi connectivity index (χ1n) is 11.3. The monoisotopic (exact) mass is 497 g/mol. The zero-order chi connectivity index (χ0) is 25.2. The van der Waals surface area contributed by atoms with E-state index >= 15 is 0 Å². The number of oxazole rings is 1. The highest BCUT2D eigenvalue weighted by molar-refractivity contribution is 6.02. The minimum atomic E-state index is -0.926. The second-order valence-electron chi connectivity index (χ2n) is 8.52. The fourth-order valence-corrected chi connectivity index (χ4v) is 3.64. The van der Waals surface area contributed by atoms with Crippen molar-refractivity contribution >= 4 is 23.3 Å². The van der Waals surface area contributed by atoms with Crippen LogP contribution in [0.25, 0.3) is 0 Å². The Morgan fingerprint density at radius 3 is 2.78 bits per heavy atom. The number of hydrogen-bond acceptors (Lipinski definition) is 7. The van der Waals surface area contributed by atoms with Gasteiger partial charge < -0.3 is 19.2 Å². The van der Waals surface area contributed by atoms with Gasteiger partial charge in [0.05, 0.1) is 5.69 Å². The molecule has 0 radical (unpaired) electrons. The molecular formula is C25H21F2N3O6. The Bertz CT molecular complexity index is 1340. The van der Waals surface area contributed by atoms with Gasteiger partial charge in [-0.2, -0.15) is 0 Å². The Kier molecular flexibility index (Phi) is 6.36. The Balaban J connectivity index is 1.29. The number of carbonyl (C=O) groups excluding carboxylic acids is 3. The van der Waals surface area contributed by atoms with E-state index < -0.39 is 29.9 Å². The van der Waals surface area contributed by atoms with Crippen LogP contribution in [0.2, 0.25) is 0 Å². The van der Waals surface area contributed by atoms with Crippen LogP contribution in [0.1, 0.15) is 39.6 Å². The summed E-state index contributed by atoms with van der Waals surface area (Å²) < 4.78 is 42.9. The van der Waals surface area contributed by atoms with Crippen LogP contribution in [0.5, 0.6) is 11.5 Å². The van der Waals surface area contributed by atoms with E-state index in [0.717, 1.165) is 25.0 Å². The van der Waals surface area contributed by atoms with E-state index in [0.29, 0.717) is 30.0 Å². The van der Waals surface area contributed by atoms with Gasteiger partial charge in [0, 0.05) is 18.2 Å². The van der Waals surface area contributed by atoms with E-state index in [4.69, 9.17) is 13.9 Å². The summed E-state index contributed by atoms with van der Waals surface area (Å²) in [6.45, 7) is -0.220. The van der Waals surface area contributed by atoms with Crippen LogP contribution in [-0.2, 0) is 11.3 Å². The van der Waals surface area contributed by atoms with Crippen LogP contribution in [0.3, 0.4) is 0 Å². The van der Waals surface area contributed by atoms with E-state index in [1.54, 1.807) is 0 Å². The second-order valence-corrected chi connectivity index (χ2v) is 8.52. The third-order valence-electron chi connectivity index (χ3n) is 5.80. The predicted octanol–water partition coefficient (Wildman–Crippen LogP) is 3.28. The molecule has 0 atom stereocenters. The number of benzene rings is 2. The summed E-state index contributed by atoms with van der Waals surface area (Å²) in [5.41, 5.74) is 0.607. The van der Waals surface area contributed by atoms with Crippen LogP contribution in [0.4, 0.5) is 14.5 Å². The maximum absolute atomic E-state index is 13.8. The maximum Gasteiger partial charge on any atom is 0.273 e. The zero-order valence-corrected chi connectivity index (χ0v) is 19.0. The number of Topliss-reactive ketones (excluding diaryl/α,β-unsaturated/α-hetero) is 1. The Hall–Kier alpha value is -4.28. The van der Waals surface area contributed by atoms with Crippen LogP contribution >= 0.6 is 0 Å². The first-order chi connectivity index (χ1) is 17.4. The highest BCUT2D eigenvalue weighted by atomic mass is 19.1. The molecule has 1 fully saturated rings. The normalized spacial score (nSPS) is 14.7. The summed E-state index contributed by atoms with van der Waals surface area (Å²) in [6.07, 6.45) is 3.43. The third kappa shape index (κ3) is 5.19. The number of nitrogens with one attached hydrogen (secondary N) is 1. The van der Waals surface area contributed by atoms with Crippen molar-refractivity contribution in [1.29, 1.82) is 0 Å². The smallest absolute Gasteiger partial charge is 0.273 e. The van der Waals surface area contributed by atoms with Crippen LogP contribution in [0.15, 0.2) is 47.1 Å². The first-order valence-corrected chi connectivity index (χ1v) is 11.3. The highest BCUT2D eigenvalue weighted by Crippen LogP contribution is 2.34. The maximum atomic E-state index is 13.8.